The Hall–Kier alpha value is -1.83. The summed E-state index contributed by atoms with van der Waals surface area (Å²) in [6, 6.07) is 3.22. The highest BCUT2D eigenvalue weighted by Crippen LogP contribution is 2.00. The molecule has 0 spiro atoms. The minimum absolute atomic E-state index is 0.105. The molecule has 0 aromatic carbocycles. The highest BCUT2D eigenvalue weighted by Gasteiger charge is 2.06. The summed E-state index contributed by atoms with van der Waals surface area (Å²) in [6.45, 7) is 0. The van der Waals surface area contributed by atoms with Crippen LogP contribution in [0.2, 0.25) is 0 Å². The third-order valence-corrected chi connectivity index (χ3v) is 2.25. The summed E-state index contributed by atoms with van der Waals surface area (Å²) in [6.07, 6.45) is 2.53. The van der Waals surface area contributed by atoms with Crippen LogP contribution >= 0.6 is 0 Å². The number of anilines is 1. The highest BCUT2D eigenvalue weighted by molar-refractivity contribution is 7.91. The number of rotatable bonds is 2. The van der Waals surface area contributed by atoms with E-state index in [-0.39, 0.29) is 5.95 Å². The molecule has 2 aromatic rings. The highest BCUT2D eigenvalue weighted by atomic mass is 32.2. The normalized spacial score (nSPS) is 11.8. The number of aromatic amines is 1. The number of nitrogens with zero attached hydrogens (tertiary/aromatic N) is 2. The van der Waals surface area contributed by atoms with E-state index < -0.39 is 15.6 Å². The molecule has 0 aliphatic carbocycles. The Morgan fingerprint density at radius 2 is 2.27 bits per heavy atom. The maximum atomic E-state index is 11.4. The van der Waals surface area contributed by atoms with Crippen LogP contribution in [0.5, 0.6) is 0 Å². The second-order valence-corrected chi connectivity index (χ2v) is 4.76. The zero-order valence-electron chi connectivity index (χ0n) is 7.76. The first-order valence-electron chi connectivity index (χ1n) is 4.01. The molecule has 0 aliphatic heterocycles. The summed E-state index contributed by atoms with van der Waals surface area (Å²) in [4.78, 5) is 13.7. The SMILES string of the molecule is CS(=O)(=O)Nc1nn2cccc2c(=O)[nH]1. The standard InChI is InChI=1S/C7H8N4O3S/c1-15(13,14)10-7-8-6(12)5-3-2-4-11(5)9-7/h2-4H,1H3,(H2,8,9,10,12). The summed E-state index contributed by atoms with van der Waals surface area (Å²) < 4.78 is 25.2. The van der Waals surface area contributed by atoms with Crippen molar-refractivity contribution in [2.75, 3.05) is 11.0 Å². The first-order chi connectivity index (χ1) is 6.96. The molecule has 0 saturated heterocycles. The molecule has 2 heterocycles. The summed E-state index contributed by atoms with van der Waals surface area (Å²) >= 11 is 0. The lowest BCUT2D eigenvalue weighted by molar-refractivity contribution is 0.606. The smallest absolute Gasteiger partial charge is 0.276 e. The molecule has 0 radical (unpaired) electrons. The van der Waals surface area contributed by atoms with Crippen LogP contribution in [0, 0.1) is 0 Å². The molecule has 2 N–H and O–H groups in total. The molecule has 15 heavy (non-hydrogen) atoms. The molecule has 0 aliphatic rings. The largest absolute Gasteiger partial charge is 0.289 e. The topological polar surface area (TPSA) is 96.3 Å². The number of nitrogens with one attached hydrogen (secondary N) is 2. The molecule has 0 bridgehead atoms. The third kappa shape index (κ3) is 1.99. The van der Waals surface area contributed by atoms with Gasteiger partial charge in [-0.15, -0.1) is 5.10 Å². The Bertz CT molecular complexity index is 654. The number of sulfonamides is 1. The first kappa shape index (κ1) is 9.71. The van der Waals surface area contributed by atoms with Crippen LogP contribution in [0.1, 0.15) is 0 Å². The monoisotopic (exact) mass is 228 g/mol. The lowest BCUT2D eigenvalue weighted by atomic mass is 10.5. The van der Waals surface area contributed by atoms with Crippen molar-refractivity contribution < 1.29 is 8.42 Å². The van der Waals surface area contributed by atoms with Gasteiger partial charge in [-0.1, -0.05) is 0 Å². The van der Waals surface area contributed by atoms with Gasteiger partial charge < -0.3 is 0 Å². The predicted octanol–water partition coefficient (Wildman–Crippen LogP) is -0.606. The molecule has 2 rings (SSSR count). The summed E-state index contributed by atoms with van der Waals surface area (Å²) in [5.74, 6) is -0.105. The zero-order valence-corrected chi connectivity index (χ0v) is 8.58. The maximum absolute atomic E-state index is 11.4. The Kier molecular flexibility index (Phi) is 2.00. The van der Waals surface area contributed by atoms with Crippen LogP contribution in [0.25, 0.3) is 5.52 Å². The fraction of sp³-hybridized carbons (Fsp3) is 0.143. The number of fused-ring (bicyclic) bond motifs is 1. The van der Waals surface area contributed by atoms with E-state index in [0.29, 0.717) is 5.52 Å². The number of H-pyrrole nitrogens is 1. The molecule has 7 nitrogen and oxygen atoms in total. The molecule has 0 atom stereocenters. The first-order valence-corrected chi connectivity index (χ1v) is 5.90. The Balaban J connectivity index is 2.59. The third-order valence-electron chi connectivity index (χ3n) is 1.68. The fourth-order valence-electron chi connectivity index (χ4n) is 1.17. The maximum Gasteiger partial charge on any atom is 0.276 e. The quantitative estimate of drug-likeness (QED) is 0.716. The second kappa shape index (κ2) is 3.09. The Labute approximate surface area is 84.8 Å². The lowest BCUT2D eigenvalue weighted by Gasteiger charge is -2.02. The van der Waals surface area contributed by atoms with E-state index >= 15 is 0 Å². The van der Waals surface area contributed by atoms with Gasteiger partial charge in [0.15, 0.2) is 0 Å². The van der Waals surface area contributed by atoms with E-state index in [1.54, 1.807) is 18.3 Å². The summed E-state index contributed by atoms with van der Waals surface area (Å²) in [5, 5.41) is 3.85. The average molecular weight is 228 g/mol. The van der Waals surface area contributed by atoms with E-state index in [9.17, 15) is 13.2 Å². The molecular weight excluding hydrogens is 220 g/mol. The van der Waals surface area contributed by atoms with Gasteiger partial charge in [-0.05, 0) is 12.1 Å². The van der Waals surface area contributed by atoms with Crippen molar-refractivity contribution in [2.24, 2.45) is 0 Å². The van der Waals surface area contributed by atoms with Crippen LogP contribution < -0.4 is 10.3 Å². The van der Waals surface area contributed by atoms with Crippen molar-refractivity contribution >= 4 is 21.5 Å². The number of hydrogen-bond acceptors (Lipinski definition) is 4. The van der Waals surface area contributed by atoms with Crippen LogP contribution in [0.4, 0.5) is 5.95 Å². The molecular formula is C7H8N4O3S. The van der Waals surface area contributed by atoms with E-state index in [1.165, 1.54) is 4.52 Å². The van der Waals surface area contributed by atoms with Crippen molar-refractivity contribution in [1.82, 2.24) is 14.6 Å². The van der Waals surface area contributed by atoms with Gasteiger partial charge in [0.1, 0.15) is 5.52 Å². The van der Waals surface area contributed by atoms with Gasteiger partial charge in [0.05, 0.1) is 6.26 Å². The molecule has 0 saturated carbocycles. The van der Waals surface area contributed by atoms with E-state index in [4.69, 9.17) is 0 Å². The van der Waals surface area contributed by atoms with Crippen molar-refractivity contribution in [1.29, 1.82) is 0 Å². The lowest BCUT2D eigenvalue weighted by Crippen LogP contribution is -2.19. The fourth-order valence-corrected chi connectivity index (χ4v) is 1.61. The van der Waals surface area contributed by atoms with Gasteiger partial charge in [0.25, 0.3) is 5.56 Å². The molecule has 8 heteroatoms. The van der Waals surface area contributed by atoms with Gasteiger partial charge in [-0.2, -0.15) is 0 Å². The van der Waals surface area contributed by atoms with E-state index in [2.05, 4.69) is 14.8 Å². The molecule has 0 fully saturated rings. The zero-order chi connectivity index (χ0) is 11.1. The molecule has 2 aromatic heterocycles. The van der Waals surface area contributed by atoms with E-state index in [1.807, 2.05) is 0 Å². The van der Waals surface area contributed by atoms with Gasteiger partial charge >= 0.3 is 0 Å². The van der Waals surface area contributed by atoms with Crippen molar-refractivity contribution in [3.63, 3.8) is 0 Å². The van der Waals surface area contributed by atoms with E-state index in [0.717, 1.165) is 6.26 Å². The summed E-state index contributed by atoms with van der Waals surface area (Å²) in [7, 11) is -3.44. The summed E-state index contributed by atoms with van der Waals surface area (Å²) in [5.41, 5.74) is -0.0461. The number of hydrogen-bond donors (Lipinski definition) is 2. The van der Waals surface area contributed by atoms with Crippen LogP contribution in [0.3, 0.4) is 0 Å². The van der Waals surface area contributed by atoms with Crippen molar-refractivity contribution in [3.05, 3.63) is 28.7 Å². The predicted molar refractivity (Wildman–Crippen MR) is 54.3 cm³/mol. The van der Waals surface area contributed by atoms with Gasteiger partial charge in [-0.25, -0.2) is 12.9 Å². The Morgan fingerprint density at radius 1 is 1.53 bits per heavy atom. The van der Waals surface area contributed by atoms with Crippen molar-refractivity contribution in [2.45, 2.75) is 0 Å². The average Bonchev–Trinajstić information content (AvgIpc) is 2.48. The molecule has 0 unspecified atom stereocenters. The molecule has 0 amide bonds. The van der Waals surface area contributed by atoms with Gasteiger partial charge in [-0.3, -0.25) is 14.5 Å². The van der Waals surface area contributed by atoms with Gasteiger partial charge in [0.2, 0.25) is 16.0 Å². The second-order valence-electron chi connectivity index (χ2n) is 3.01. The van der Waals surface area contributed by atoms with Crippen LogP contribution in [-0.4, -0.2) is 29.3 Å². The Morgan fingerprint density at radius 3 is 2.93 bits per heavy atom. The van der Waals surface area contributed by atoms with Crippen LogP contribution in [0.15, 0.2) is 23.1 Å². The van der Waals surface area contributed by atoms with Crippen molar-refractivity contribution in [3.8, 4) is 0 Å². The van der Waals surface area contributed by atoms with Crippen LogP contribution in [-0.2, 0) is 10.0 Å². The van der Waals surface area contributed by atoms with Gasteiger partial charge in [0, 0.05) is 6.20 Å². The minimum Gasteiger partial charge on any atom is -0.289 e. The molecule has 80 valence electrons. The number of aromatic nitrogens is 3. The minimum atomic E-state index is -3.44.